The molecule has 118 valence electrons. The van der Waals surface area contributed by atoms with Crippen molar-refractivity contribution in [2.75, 3.05) is 19.6 Å². The van der Waals surface area contributed by atoms with Crippen LogP contribution in [0.1, 0.15) is 57.7 Å². The zero-order chi connectivity index (χ0) is 15.5. The molecule has 2 heteroatoms. The number of benzene rings is 1. The zero-order valence-corrected chi connectivity index (χ0v) is 14.2. The van der Waals surface area contributed by atoms with E-state index in [0.717, 1.165) is 18.9 Å². The minimum absolute atomic E-state index is 0.391. The summed E-state index contributed by atoms with van der Waals surface area (Å²) in [7, 11) is 0. The Hall–Kier alpha value is -0.860. The molecular formula is C19H32N2. The van der Waals surface area contributed by atoms with Crippen molar-refractivity contribution in [3.63, 3.8) is 0 Å². The summed E-state index contributed by atoms with van der Waals surface area (Å²) < 4.78 is 0. The second-order valence-electron chi connectivity index (χ2n) is 7.48. The van der Waals surface area contributed by atoms with Gasteiger partial charge in [0.2, 0.25) is 0 Å². The van der Waals surface area contributed by atoms with E-state index in [1.54, 1.807) is 0 Å². The Morgan fingerprint density at radius 1 is 1.19 bits per heavy atom. The lowest BCUT2D eigenvalue weighted by Gasteiger charge is -2.42. The van der Waals surface area contributed by atoms with Gasteiger partial charge in [0.25, 0.3) is 0 Å². The molecule has 2 rings (SSSR count). The Labute approximate surface area is 130 Å². The van der Waals surface area contributed by atoms with Crippen LogP contribution in [0.5, 0.6) is 0 Å². The fraction of sp³-hybridized carbons (Fsp3) is 0.684. The standard InChI is InChI=1S/C19H32N2/c1-5-15-8-6-7-9-17(15)18(14-20)21-12-10-16(11-13-21)19(2,3)4/h6-9,16,18H,5,10-14,20H2,1-4H3. The number of nitrogens with two attached hydrogens (primary N) is 1. The molecule has 21 heavy (non-hydrogen) atoms. The van der Waals surface area contributed by atoms with Crippen molar-refractivity contribution in [2.24, 2.45) is 17.1 Å². The Kier molecular flexibility index (Phi) is 5.45. The van der Waals surface area contributed by atoms with Gasteiger partial charge in [0.15, 0.2) is 0 Å². The molecular weight excluding hydrogens is 256 g/mol. The van der Waals surface area contributed by atoms with Gasteiger partial charge in [-0.05, 0) is 54.8 Å². The molecule has 1 fully saturated rings. The molecule has 1 unspecified atom stereocenters. The van der Waals surface area contributed by atoms with Crippen molar-refractivity contribution in [1.82, 2.24) is 4.90 Å². The monoisotopic (exact) mass is 288 g/mol. The van der Waals surface area contributed by atoms with Crippen molar-refractivity contribution in [3.05, 3.63) is 35.4 Å². The number of likely N-dealkylation sites (tertiary alicyclic amines) is 1. The second-order valence-corrected chi connectivity index (χ2v) is 7.48. The van der Waals surface area contributed by atoms with Crippen LogP contribution >= 0.6 is 0 Å². The summed E-state index contributed by atoms with van der Waals surface area (Å²) in [6, 6.07) is 9.20. The maximum atomic E-state index is 6.14. The highest BCUT2D eigenvalue weighted by molar-refractivity contribution is 5.30. The van der Waals surface area contributed by atoms with Gasteiger partial charge in [-0.1, -0.05) is 52.0 Å². The van der Waals surface area contributed by atoms with Crippen molar-refractivity contribution >= 4 is 0 Å². The molecule has 0 bridgehead atoms. The first-order valence-electron chi connectivity index (χ1n) is 8.49. The van der Waals surface area contributed by atoms with E-state index in [-0.39, 0.29) is 0 Å². The first-order valence-corrected chi connectivity index (χ1v) is 8.49. The molecule has 0 saturated carbocycles. The topological polar surface area (TPSA) is 29.3 Å². The van der Waals surface area contributed by atoms with Crippen LogP contribution in [0.25, 0.3) is 0 Å². The molecule has 1 aliphatic heterocycles. The SMILES string of the molecule is CCc1ccccc1C(CN)N1CCC(C(C)(C)C)CC1. The minimum atomic E-state index is 0.391. The van der Waals surface area contributed by atoms with Gasteiger partial charge >= 0.3 is 0 Å². The highest BCUT2D eigenvalue weighted by Crippen LogP contribution is 2.36. The van der Waals surface area contributed by atoms with E-state index in [2.05, 4.69) is 56.9 Å². The smallest absolute Gasteiger partial charge is 0.0473 e. The molecule has 1 saturated heterocycles. The third-order valence-corrected chi connectivity index (χ3v) is 5.21. The number of nitrogens with zero attached hydrogens (tertiary/aromatic N) is 1. The molecule has 1 aromatic carbocycles. The van der Waals surface area contributed by atoms with Gasteiger partial charge < -0.3 is 5.73 Å². The molecule has 2 N–H and O–H groups in total. The molecule has 0 amide bonds. The molecule has 0 radical (unpaired) electrons. The Morgan fingerprint density at radius 3 is 2.33 bits per heavy atom. The molecule has 2 nitrogen and oxygen atoms in total. The first kappa shape index (κ1) is 16.5. The predicted molar refractivity (Wildman–Crippen MR) is 91.4 cm³/mol. The maximum Gasteiger partial charge on any atom is 0.0473 e. The molecule has 1 aliphatic rings. The summed E-state index contributed by atoms with van der Waals surface area (Å²) in [6.45, 7) is 12.4. The first-order chi connectivity index (χ1) is 9.97. The third kappa shape index (κ3) is 3.87. The van der Waals surface area contributed by atoms with E-state index in [1.807, 2.05) is 0 Å². The van der Waals surface area contributed by atoms with Crippen molar-refractivity contribution in [2.45, 2.75) is 53.0 Å². The van der Waals surface area contributed by atoms with Crippen LogP contribution in [0, 0.1) is 11.3 Å². The van der Waals surface area contributed by atoms with Gasteiger partial charge in [0.1, 0.15) is 0 Å². The van der Waals surface area contributed by atoms with E-state index < -0.39 is 0 Å². The van der Waals surface area contributed by atoms with Gasteiger partial charge in [0, 0.05) is 12.6 Å². The molecule has 1 heterocycles. The summed E-state index contributed by atoms with van der Waals surface area (Å²) in [6.07, 6.45) is 3.69. The van der Waals surface area contributed by atoms with E-state index in [0.29, 0.717) is 11.5 Å². The Morgan fingerprint density at radius 2 is 1.81 bits per heavy atom. The van der Waals surface area contributed by atoms with Crippen molar-refractivity contribution in [1.29, 1.82) is 0 Å². The number of aryl methyl sites for hydroxylation is 1. The summed E-state index contributed by atoms with van der Waals surface area (Å²) in [5, 5.41) is 0. The number of piperidine rings is 1. The Balaban J connectivity index is 2.10. The van der Waals surface area contributed by atoms with Crippen LogP contribution in [-0.2, 0) is 6.42 Å². The van der Waals surface area contributed by atoms with Crippen LogP contribution < -0.4 is 5.73 Å². The van der Waals surface area contributed by atoms with Crippen LogP contribution in [0.3, 0.4) is 0 Å². The molecule has 1 atom stereocenters. The van der Waals surface area contributed by atoms with E-state index in [1.165, 1.54) is 37.1 Å². The van der Waals surface area contributed by atoms with Crippen LogP contribution in [-0.4, -0.2) is 24.5 Å². The van der Waals surface area contributed by atoms with Gasteiger partial charge in [-0.2, -0.15) is 0 Å². The summed E-state index contributed by atoms with van der Waals surface area (Å²) in [5.74, 6) is 0.841. The Bertz CT molecular complexity index is 439. The number of hydrogen-bond acceptors (Lipinski definition) is 2. The second kappa shape index (κ2) is 6.93. The van der Waals surface area contributed by atoms with E-state index >= 15 is 0 Å². The quantitative estimate of drug-likeness (QED) is 0.907. The normalized spacial score (nSPS) is 19.7. The molecule has 0 aliphatic carbocycles. The minimum Gasteiger partial charge on any atom is -0.329 e. The van der Waals surface area contributed by atoms with Gasteiger partial charge in [-0.25, -0.2) is 0 Å². The lowest BCUT2D eigenvalue weighted by atomic mass is 9.75. The summed E-state index contributed by atoms with van der Waals surface area (Å²) in [5.41, 5.74) is 9.47. The van der Waals surface area contributed by atoms with E-state index in [4.69, 9.17) is 5.73 Å². The van der Waals surface area contributed by atoms with Crippen LogP contribution in [0.2, 0.25) is 0 Å². The third-order valence-electron chi connectivity index (χ3n) is 5.21. The van der Waals surface area contributed by atoms with Crippen LogP contribution in [0.4, 0.5) is 0 Å². The fourth-order valence-electron chi connectivity index (χ4n) is 3.73. The average molecular weight is 288 g/mol. The summed E-state index contributed by atoms with van der Waals surface area (Å²) >= 11 is 0. The average Bonchev–Trinajstić information content (AvgIpc) is 2.48. The molecule has 1 aromatic rings. The van der Waals surface area contributed by atoms with Gasteiger partial charge in [-0.15, -0.1) is 0 Å². The number of hydrogen-bond donors (Lipinski definition) is 1. The maximum absolute atomic E-state index is 6.14. The van der Waals surface area contributed by atoms with E-state index in [9.17, 15) is 0 Å². The predicted octanol–water partition coefficient (Wildman–Crippen LogP) is 4.01. The van der Waals surface area contributed by atoms with Crippen molar-refractivity contribution in [3.8, 4) is 0 Å². The largest absolute Gasteiger partial charge is 0.329 e. The highest BCUT2D eigenvalue weighted by atomic mass is 15.2. The highest BCUT2D eigenvalue weighted by Gasteiger charge is 2.31. The van der Waals surface area contributed by atoms with Gasteiger partial charge in [0.05, 0.1) is 0 Å². The lowest BCUT2D eigenvalue weighted by molar-refractivity contribution is 0.0844. The number of rotatable bonds is 4. The zero-order valence-electron chi connectivity index (χ0n) is 14.2. The molecule has 0 aromatic heterocycles. The fourth-order valence-corrected chi connectivity index (χ4v) is 3.73. The molecule has 0 spiro atoms. The van der Waals surface area contributed by atoms with Crippen LogP contribution in [0.15, 0.2) is 24.3 Å². The van der Waals surface area contributed by atoms with Crippen molar-refractivity contribution < 1.29 is 0 Å². The van der Waals surface area contributed by atoms with Gasteiger partial charge in [-0.3, -0.25) is 4.90 Å². The lowest BCUT2D eigenvalue weighted by Crippen LogP contribution is -2.42. The summed E-state index contributed by atoms with van der Waals surface area (Å²) in [4.78, 5) is 2.61.